The molecule has 0 aliphatic rings. The van der Waals surface area contributed by atoms with Gasteiger partial charge in [-0.1, -0.05) is 33.0 Å². The van der Waals surface area contributed by atoms with Crippen LogP contribution in [-0.2, 0) is 0 Å². The quantitative estimate of drug-likeness (QED) is 0.809. The van der Waals surface area contributed by atoms with Crippen LogP contribution in [0.1, 0.15) is 46.6 Å². The van der Waals surface area contributed by atoms with Crippen molar-refractivity contribution in [2.45, 2.75) is 46.6 Å². The first-order valence-electron chi connectivity index (χ1n) is 6.27. The zero-order valence-corrected chi connectivity index (χ0v) is 12.8. The summed E-state index contributed by atoms with van der Waals surface area (Å²) in [5.74, 6) is 0. The first-order valence-corrected chi connectivity index (χ1v) is 6.68. The Kier molecular flexibility index (Phi) is 4.38. The number of nitrogens with one attached hydrogen (secondary N) is 1. The van der Waals surface area contributed by atoms with Gasteiger partial charge >= 0.3 is 0 Å². The van der Waals surface area contributed by atoms with Gasteiger partial charge in [-0.15, -0.1) is 0 Å². The number of rotatable bonds is 4. The molecule has 2 nitrogen and oxygen atoms in total. The molecule has 3 heteroatoms. The molecule has 0 amide bonds. The largest absolute Gasteiger partial charge is 0.389 e. The summed E-state index contributed by atoms with van der Waals surface area (Å²) in [5.41, 5.74) is 7.95. The van der Waals surface area contributed by atoms with Crippen LogP contribution in [0.4, 0.5) is 5.69 Å². The number of anilines is 1. The highest BCUT2D eigenvalue weighted by atomic mass is 32.1. The van der Waals surface area contributed by atoms with Crippen LogP contribution in [0, 0.1) is 5.41 Å². The van der Waals surface area contributed by atoms with E-state index >= 15 is 0 Å². The summed E-state index contributed by atoms with van der Waals surface area (Å²) in [6.45, 7) is 11.2. The third kappa shape index (κ3) is 5.05. The van der Waals surface area contributed by atoms with Crippen molar-refractivity contribution in [2.24, 2.45) is 11.1 Å². The van der Waals surface area contributed by atoms with Gasteiger partial charge in [0.15, 0.2) is 0 Å². The van der Waals surface area contributed by atoms with E-state index in [4.69, 9.17) is 18.0 Å². The SMILES string of the molecule is CC(C)(C)CC(C)(C)Nc1ccc(C(N)=S)cc1. The maximum atomic E-state index is 5.59. The van der Waals surface area contributed by atoms with E-state index in [0.29, 0.717) is 10.4 Å². The van der Waals surface area contributed by atoms with Crippen LogP contribution in [0.25, 0.3) is 0 Å². The normalized spacial score (nSPS) is 12.3. The lowest BCUT2D eigenvalue weighted by molar-refractivity contribution is 0.302. The third-order valence-electron chi connectivity index (χ3n) is 2.62. The Morgan fingerprint density at radius 2 is 1.61 bits per heavy atom. The molecular formula is C15H24N2S. The summed E-state index contributed by atoms with van der Waals surface area (Å²) in [6.07, 6.45) is 1.09. The van der Waals surface area contributed by atoms with Crippen molar-refractivity contribution < 1.29 is 0 Å². The van der Waals surface area contributed by atoms with Gasteiger partial charge in [-0.25, -0.2) is 0 Å². The highest BCUT2D eigenvalue weighted by Crippen LogP contribution is 2.29. The number of nitrogens with two attached hydrogens (primary N) is 1. The molecule has 0 saturated heterocycles. The van der Waals surface area contributed by atoms with E-state index in [1.807, 2.05) is 24.3 Å². The Morgan fingerprint density at radius 1 is 1.11 bits per heavy atom. The predicted octanol–water partition coefficient (Wildman–Crippen LogP) is 3.95. The van der Waals surface area contributed by atoms with Crippen LogP contribution >= 0.6 is 12.2 Å². The lowest BCUT2D eigenvalue weighted by Gasteiger charge is -2.34. The van der Waals surface area contributed by atoms with E-state index in [0.717, 1.165) is 17.7 Å². The smallest absolute Gasteiger partial charge is 0.103 e. The van der Waals surface area contributed by atoms with Crippen molar-refractivity contribution in [1.82, 2.24) is 0 Å². The van der Waals surface area contributed by atoms with E-state index in [1.165, 1.54) is 0 Å². The summed E-state index contributed by atoms with van der Waals surface area (Å²) in [6, 6.07) is 7.97. The molecule has 0 fully saturated rings. The molecule has 0 heterocycles. The Morgan fingerprint density at radius 3 is 2.00 bits per heavy atom. The summed E-state index contributed by atoms with van der Waals surface area (Å²) in [5, 5.41) is 3.56. The minimum atomic E-state index is 0.0585. The van der Waals surface area contributed by atoms with Crippen molar-refractivity contribution in [1.29, 1.82) is 0 Å². The second-order valence-electron chi connectivity index (χ2n) is 6.69. The van der Waals surface area contributed by atoms with E-state index in [1.54, 1.807) is 0 Å². The van der Waals surface area contributed by atoms with Crippen molar-refractivity contribution in [3.05, 3.63) is 29.8 Å². The van der Waals surface area contributed by atoms with Gasteiger partial charge in [-0.05, 0) is 49.9 Å². The first kappa shape index (κ1) is 15.0. The highest BCUT2D eigenvalue weighted by Gasteiger charge is 2.25. The molecule has 3 N–H and O–H groups in total. The molecule has 18 heavy (non-hydrogen) atoms. The monoisotopic (exact) mass is 264 g/mol. The molecule has 0 radical (unpaired) electrons. The van der Waals surface area contributed by atoms with E-state index in [9.17, 15) is 0 Å². The maximum Gasteiger partial charge on any atom is 0.103 e. The van der Waals surface area contributed by atoms with E-state index in [-0.39, 0.29) is 5.54 Å². The van der Waals surface area contributed by atoms with E-state index in [2.05, 4.69) is 39.9 Å². The fourth-order valence-electron chi connectivity index (χ4n) is 2.48. The Labute approximate surface area is 116 Å². The zero-order chi connectivity index (χ0) is 14.0. The average molecular weight is 264 g/mol. The molecule has 0 saturated carbocycles. The lowest BCUT2D eigenvalue weighted by atomic mass is 9.81. The minimum Gasteiger partial charge on any atom is -0.389 e. The van der Waals surface area contributed by atoms with Gasteiger partial charge in [-0.3, -0.25) is 0 Å². The van der Waals surface area contributed by atoms with Gasteiger partial charge < -0.3 is 11.1 Å². The van der Waals surface area contributed by atoms with Crippen LogP contribution in [-0.4, -0.2) is 10.5 Å². The molecule has 0 aromatic heterocycles. The van der Waals surface area contributed by atoms with E-state index < -0.39 is 0 Å². The molecule has 100 valence electrons. The standard InChI is InChI=1S/C15H24N2S/c1-14(2,3)10-15(4,5)17-12-8-6-11(7-9-12)13(16)18/h6-9,17H,10H2,1-5H3,(H2,16,18). The molecule has 0 aliphatic carbocycles. The number of benzene rings is 1. The maximum absolute atomic E-state index is 5.59. The van der Waals surface area contributed by atoms with Crippen LogP contribution in [0.2, 0.25) is 0 Å². The molecule has 1 rings (SSSR count). The van der Waals surface area contributed by atoms with Crippen LogP contribution < -0.4 is 11.1 Å². The third-order valence-corrected chi connectivity index (χ3v) is 2.86. The van der Waals surface area contributed by atoms with Crippen LogP contribution in [0.3, 0.4) is 0 Å². The topological polar surface area (TPSA) is 38.0 Å². The Balaban J connectivity index is 2.75. The fourth-order valence-corrected chi connectivity index (χ4v) is 2.61. The second-order valence-corrected chi connectivity index (χ2v) is 7.13. The van der Waals surface area contributed by atoms with Gasteiger partial charge in [0.1, 0.15) is 4.99 Å². The molecular weight excluding hydrogens is 240 g/mol. The van der Waals surface area contributed by atoms with Crippen molar-refractivity contribution >= 4 is 22.9 Å². The van der Waals surface area contributed by atoms with Crippen LogP contribution in [0.5, 0.6) is 0 Å². The second kappa shape index (κ2) is 5.27. The fraction of sp³-hybridized carbons (Fsp3) is 0.533. The van der Waals surface area contributed by atoms with Crippen molar-refractivity contribution in [2.75, 3.05) is 5.32 Å². The van der Waals surface area contributed by atoms with Gasteiger partial charge in [-0.2, -0.15) is 0 Å². The molecule has 0 spiro atoms. The summed E-state index contributed by atoms with van der Waals surface area (Å²) >= 11 is 4.94. The van der Waals surface area contributed by atoms with Crippen molar-refractivity contribution in [3.8, 4) is 0 Å². The van der Waals surface area contributed by atoms with Gasteiger partial charge in [0, 0.05) is 16.8 Å². The van der Waals surface area contributed by atoms with Gasteiger partial charge in [0.25, 0.3) is 0 Å². The highest BCUT2D eigenvalue weighted by molar-refractivity contribution is 7.80. The molecule has 0 bridgehead atoms. The van der Waals surface area contributed by atoms with Gasteiger partial charge in [0.2, 0.25) is 0 Å². The molecule has 1 aromatic rings. The Bertz CT molecular complexity index is 413. The first-order chi connectivity index (χ1) is 8.09. The lowest BCUT2D eigenvalue weighted by Crippen LogP contribution is -2.35. The van der Waals surface area contributed by atoms with Crippen LogP contribution in [0.15, 0.2) is 24.3 Å². The average Bonchev–Trinajstić information content (AvgIpc) is 2.13. The molecule has 0 aliphatic heterocycles. The number of hydrogen-bond acceptors (Lipinski definition) is 2. The van der Waals surface area contributed by atoms with Gasteiger partial charge in [0.05, 0.1) is 0 Å². The number of hydrogen-bond donors (Lipinski definition) is 2. The summed E-state index contributed by atoms with van der Waals surface area (Å²) < 4.78 is 0. The zero-order valence-electron chi connectivity index (χ0n) is 12.0. The Hall–Kier alpha value is -1.09. The molecule has 0 unspecified atom stereocenters. The summed E-state index contributed by atoms with van der Waals surface area (Å²) in [4.78, 5) is 0.440. The minimum absolute atomic E-state index is 0.0585. The molecule has 0 atom stereocenters. The predicted molar refractivity (Wildman–Crippen MR) is 84.1 cm³/mol. The molecule has 1 aromatic carbocycles. The number of thiocarbonyl (C=S) groups is 1. The van der Waals surface area contributed by atoms with Crippen molar-refractivity contribution in [3.63, 3.8) is 0 Å². The summed E-state index contributed by atoms with van der Waals surface area (Å²) in [7, 11) is 0.